The quantitative estimate of drug-likeness (QED) is 0.914. The lowest BCUT2D eigenvalue weighted by Crippen LogP contribution is -2.21. The fourth-order valence-corrected chi connectivity index (χ4v) is 3.07. The van der Waals surface area contributed by atoms with Gasteiger partial charge in [-0.25, -0.2) is 4.98 Å². The van der Waals surface area contributed by atoms with Gasteiger partial charge in [0.15, 0.2) is 0 Å². The molecule has 0 saturated heterocycles. The number of thiazole rings is 1. The Morgan fingerprint density at radius 1 is 1.37 bits per heavy atom. The molecular weight excluding hydrogens is 258 g/mol. The van der Waals surface area contributed by atoms with Crippen molar-refractivity contribution in [2.45, 2.75) is 12.8 Å². The SMILES string of the molecule is CN=C1CCC(c2nc3cc(OC)ccc3s2)=CN1. The molecule has 3 rings (SSSR count). The van der Waals surface area contributed by atoms with Crippen molar-refractivity contribution in [3.8, 4) is 5.75 Å². The van der Waals surface area contributed by atoms with Gasteiger partial charge in [-0.3, -0.25) is 4.99 Å². The lowest BCUT2D eigenvalue weighted by Gasteiger charge is -2.13. The lowest BCUT2D eigenvalue weighted by atomic mass is 10.1. The van der Waals surface area contributed by atoms with Gasteiger partial charge < -0.3 is 10.1 Å². The second-order valence-electron chi connectivity index (χ2n) is 4.34. The van der Waals surface area contributed by atoms with E-state index in [1.165, 1.54) is 10.3 Å². The minimum Gasteiger partial charge on any atom is -0.497 e. The molecule has 1 N–H and O–H groups in total. The van der Waals surface area contributed by atoms with Crippen LogP contribution in [-0.4, -0.2) is 25.0 Å². The minimum atomic E-state index is 0.848. The Hall–Kier alpha value is -1.88. The fraction of sp³-hybridized carbons (Fsp3) is 0.286. The average Bonchev–Trinajstić information content (AvgIpc) is 2.90. The summed E-state index contributed by atoms with van der Waals surface area (Å²) in [5.41, 5.74) is 2.24. The number of rotatable bonds is 2. The standard InChI is InChI=1S/C14H15N3OS/c1-15-13-6-3-9(8-16-13)14-17-11-7-10(18-2)4-5-12(11)19-14/h4-5,7-8H,3,6H2,1-2H3,(H,15,16). The van der Waals surface area contributed by atoms with Crippen LogP contribution in [0.4, 0.5) is 0 Å². The normalized spacial score (nSPS) is 17.4. The number of allylic oxidation sites excluding steroid dienone is 1. The van der Waals surface area contributed by atoms with Gasteiger partial charge in [0, 0.05) is 31.3 Å². The van der Waals surface area contributed by atoms with Crippen LogP contribution in [0.1, 0.15) is 17.8 Å². The molecule has 19 heavy (non-hydrogen) atoms. The van der Waals surface area contributed by atoms with Gasteiger partial charge in [0.1, 0.15) is 16.6 Å². The van der Waals surface area contributed by atoms with E-state index in [9.17, 15) is 0 Å². The van der Waals surface area contributed by atoms with Crippen LogP contribution in [0.2, 0.25) is 0 Å². The Morgan fingerprint density at radius 3 is 2.95 bits per heavy atom. The number of benzene rings is 1. The summed E-state index contributed by atoms with van der Waals surface area (Å²) in [6.45, 7) is 0. The number of aliphatic imine (C=N–C) groups is 1. The van der Waals surface area contributed by atoms with Gasteiger partial charge in [0.25, 0.3) is 0 Å². The summed E-state index contributed by atoms with van der Waals surface area (Å²) in [6, 6.07) is 6.01. The first kappa shape index (κ1) is 12.2. The highest BCUT2D eigenvalue weighted by Crippen LogP contribution is 2.32. The maximum Gasteiger partial charge on any atom is 0.122 e. The smallest absolute Gasteiger partial charge is 0.122 e. The number of methoxy groups -OCH3 is 1. The van der Waals surface area contributed by atoms with Gasteiger partial charge in [-0.05, 0) is 18.6 Å². The van der Waals surface area contributed by atoms with Crippen LogP contribution in [0.5, 0.6) is 5.75 Å². The molecule has 1 aliphatic rings. The third kappa shape index (κ3) is 2.33. The van der Waals surface area contributed by atoms with E-state index in [0.29, 0.717) is 0 Å². The summed E-state index contributed by atoms with van der Waals surface area (Å²) in [5, 5.41) is 4.29. The Labute approximate surface area is 115 Å². The predicted octanol–water partition coefficient (Wildman–Crippen LogP) is 3.06. The summed E-state index contributed by atoms with van der Waals surface area (Å²) in [5.74, 6) is 1.88. The molecule has 0 aliphatic carbocycles. The van der Waals surface area contributed by atoms with Crippen LogP contribution in [0.25, 0.3) is 15.8 Å². The van der Waals surface area contributed by atoms with E-state index in [-0.39, 0.29) is 0 Å². The number of aromatic nitrogens is 1. The fourth-order valence-electron chi connectivity index (χ4n) is 2.08. The van der Waals surface area contributed by atoms with Crippen molar-refractivity contribution in [2.24, 2.45) is 4.99 Å². The molecular formula is C14H15N3OS. The number of nitrogens with one attached hydrogen (secondary N) is 1. The first-order valence-corrected chi connectivity index (χ1v) is 6.98. The molecule has 4 nitrogen and oxygen atoms in total. The Morgan fingerprint density at radius 2 is 2.26 bits per heavy atom. The Kier molecular flexibility index (Phi) is 3.21. The Balaban J connectivity index is 1.95. The number of nitrogens with zero attached hydrogens (tertiary/aromatic N) is 2. The minimum absolute atomic E-state index is 0.848. The molecule has 0 saturated carbocycles. The zero-order valence-electron chi connectivity index (χ0n) is 10.9. The molecule has 1 aromatic carbocycles. The van der Waals surface area contributed by atoms with E-state index in [1.807, 2.05) is 25.4 Å². The topological polar surface area (TPSA) is 46.5 Å². The zero-order valence-corrected chi connectivity index (χ0v) is 11.8. The summed E-state index contributed by atoms with van der Waals surface area (Å²) in [7, 11) is 3.48. The van der Waals surface area contributed by atoms with Crippen molar-refractivity contribution in [3.05, 3.63) is 29.4 Å². The van der Waals surface area contributed by atoms with Crippen molar-refractivity contribution >= 4 is 33.0 Å². The summed E-state index contributed by atoms with van der Waals surface area (Å²) in [4.78, 5) is 8.85. The van der Waals surface area contributed by atoms with E-state index in [0.717, 1.165) is 35.0 Å². The van der Waals surface area contributed by atoms with E-state index < -0.39 is 0 Å². The zero-order chi connectivity index (χ0) is 13.2. The molecule has 0 bridgehead atoms. The van der Waals surface area contributed by atoms with Gasteiger partial charge in [0.2, 0.25) is 0 Å². The molecule has 0 spiro atoms. The van der Waals surface area contributed by atoms with Crippen LogP contribution >= 0.6 is 11.3 Å². The molecule has 2 aromatic rings. The first-order valence-electron chi connectivity index (χ1n) is 6.16. The second-order valence-corrected chi connectivity index (χ2v) is 5.37. The largest absolute Gasteiger partial charge is 0.497 e. The molecule has 0 radical (unpaired) electrons. The van der Waals surface area contributed by atoms with Gasteiger partial charge in [-0.15, -0.1) is 11.3 Å². The molecule has 5 heteroatoms. The number of hydrogen-bond donors (Lipinski definition) is 1. The molecule has 2 heterocycles. The van der Waals surface area contributed by atoms with Crippen molar-refractivity contribution in [1.29, 1.82) is 0 Å². The van der Waals surface area contributed by atoms with Gasteiger partial charge >= 0.3 is 0 Å². The van der Waals surface area contributed by atoms with E-state index in [4.69, 9.17) is 4.74 Å². The highest BCUT2D eigenvalue weighted by Gasteiger charge is 2.14. The number of hydrogen-bond acceptors (Lipinski definition) is 4. The van der Waals surface area contributed by atoms with Crippen LogP contribution < -0.4 is 10.1 Å². The molecule has 1 aliphatic heterocycles. The summed E-state index contributed by atoms with van der Waals surface area (Å²) in [6.07, 6.45) is 3.94. The second kappa shape index (κ2) is 5.01. The van der Waals surface area contributed by atoms with Gasteiger partial charge in [-0.2, -0.15) is 0 Å². The first-order chi connectivity index (χ1) is 9.30. The maximum absolute atomic E-state index is 5.23. The predicted molar refractivity (Wildman–Crippen MR) is 79.9 cm³/mol. The molecule has 0 fully saturated rings. The van der Waals surface area contributed by atoms with Gasteiger partial charge in [0.05, 0.1) is 17.3 Å². The summed E-state index contributed by atoms with van der Waals surface area (Å²) >= 11 is 1.72. The van der Waals surface area contributed by atoms with E-state index in [2.05, 4.69) is 21.4 Å². The van der Waals surface area contributed by atoms with E-state index in [1.54, 1.807) is 18.4 Å². The third-order valence-electron chi connectivity index (χ3n) is 3.18. The number of fused-ring (bicyclic) bond motifs is 1. The van der Waals surface area contributed by atoms with Crippen LogP contribution in [0.3, 0.4) is 0 Å². The molecule has 0 amide bonds. The molecule has 0 atom stereocenters. The molecule has 98 valence electrons. The van der Waals surface area contributed by atoms with Crippen molar-refractivity contribution < 1.29 is 4.74 Å². The van der Waals surface area contributed by atoms with Crippen molar-refractivity contribution in [3.63, 3.8) is 0 Å². The monoisotopic (exact) mass is 273 g/mol. The van der Waals surface area contributed by atoms with Gasteiger partial charge in [-0.1, -0.05) is 0 Å². The van der Waals surface area contributed by atoms with Crippen LogP contribution in [-0.2, 0) is 0 Å². The number of amidine groups is 1. The van der Waals surface area contributed by atoms with Crippen molar-refractivity contribution in [2.75, 3.05) is 14.2 Å². The molecule has 0 unspecified atom stereocenters. The van der Waals surface area contributed by atoms with Crippen LogP contribution in [0.15, 0.2) is 29.4 Å². The van der Waals surface area contributed by atoms with Crippen molar-refractivity contribution in [1.82, 2.24) is 10.3 Å². The van der Waals surface area contributed by atoms with Crippen LogP contribution in [0, 0.1) is 0 Å². The maximum atomic E-state index is 5.23. The lowest BCUT2D eigenvalue weighted by molar-refractivity contribution is 0.415. The molecule has 1 aromatic heterocycles. The third-order valence-corrected chi connectivity index (χ3v) is 4.30. The average molecular weight is 273 g/mol. The highest BCUT2D eigenvalue weighted by atomic mass is 32.1. The number of ether oxygens (including phenoxy) is 1. The Bertz CT molecular complexity index is 672. The summed E-state index contributed by atoms with van der Waals surface area (Å²) < 4.78 is 6.41. The highest BCUT2D eigenvalue weighted by molar-refractivity contribution is 7.19. The van der Waals surface area contributed by atoms with E-state index >= 15 is 0 Å².